The Hall–Kier alpha value is -3.71. The lowest BCUT2D eigenvalue weighted by Crippen LogP contribution is -2.47. The molecule has 0 radical (unpaired) electrons. The predicted octanol–water partition coefficient (Wildman–Crippen LogP) is 4.28. The van der Waals surface area contributed by atoms with Gasteiger partial charge in [0.2, 0.25) is 0 Å². The molecular formula is C29H35N5O2. The van der Waals surface area contributed by atoms with Crippen LogP contribution in [0.15, 0.2) is 67.0 Å². The SMILES string of the molecule is Cc1cccc(N2CCN(CCC(C)NC(=O)c3cccc(C)c3NC(=O)c3ccncc3)CC2)c1. The molecule has 0 aliphatic carbocycles. The van der Waals surface area contributed by atoms with Crippen LogP contribution in [-0.2, 0) is 0 Å². The third kappa shape index (κ3) is 6.49. The molecule has 1 unspecified atom stereocenters. The number of rotatable bonds is 8. The van der Waals surface area contributed by atoms with Crippen LogP contribution in [0.2, 0.25) is 0 Å². The first-order valence-electron chi connectivity index (χ1n) is 12.6. The second-order valence-electron chi connectivity index (χ2n) is 9.52. The van der Waals surface area contributed by atoms with Gasteiger partial charge in [0.15, 0.2) is 0 Å². The van der Waals surface area contributed by atoms with Crippen LogP contribution in [0, 0.1) is 13.8 Å². The minimum absolute atomic E-state index is 0.0107. The summed E-state index contributed by atoms with van der Waals surface area (Å²) in [5.41, 5.74) is 4.92. The number of pyridine rings is 1. The maximum Gasteiger partial charge on any atom is 0.255 e. The molecule has 1 aromatic heterocycles. The number of amides is 2. The Morgan fingerprint density at radius 1 is 0.944 bits per heavy atom. The third-order valence-electron chi connectivity index (χ3n) is 6.69. The fourth-order valence-corrected chi connectivity index (χ4v) is 4.52. The van der Waals surface area contributed by atoms with Gasteiger partial charge in [0.1, 0.15) is 0 Å². The van der Waals surface area contributed by atoms with Crippen molar-refractivity contribution in [2.24, 2.45) is 0 Å². The average Bonchev–Trinajstić information content (AvgIpc) is 2.89. The van der Waals surface area contributed by atoms with Crippen LogP contribution in [0.1, 0.15) is 45.2 Å². The molecule has 1 atom stereocenters. The Bertz CT molecular complexity index is 1190. The van der Waals surface area contributed by atoms with Gasteiger partial charge in [0.25, 0.3) is 11.8 Å². The first-order chi connectivity index (χ1) is 17.4. The molecule has 0 spiro atoms. The van der Waals surface area contributed by atoms with E-state index in [2.05, 4.69) is 56.6 Å². The second-order valence-corrected chi connectivity index (χ2v) is 9.52. The standard InChI is InChI=1S/C29H35N5O2/c1-21-6-4-8-25(20-21)34-18-16-33(17-19-34)15-12-23(3)31-29(36)26-9-5-7-22(2)27(26)32-28(35)24-10-13-30-14-11-24/h4-11,13-14,20,23H,12,15-19H2,1-3H3,(H,31,36)(H,32,35). The van der Waals surface area contributed by atoms with Crippen LogP contribution in [0.25, 0.3) is 0 Å². The summed E-state index contributed by atoms with van der Waals surface area (Å²) in [5, 5.41) is 6.03. The van der Waals surface area contributed by atoms with Gasteiger partial charge in [0, 0.05) is 62.4 Å². The van der Waals surface area contributed by atoms with Crippen LogP contribution >= 0.6 is 0 Å². The molecule has 188 valence electrons. The summed E-state index contributed by atoms with van der Waals surface area (Å²) < 4.78 is 0. The molecule has 1 saturated heterocycles. The van der Waals surface area contributed by atoms with Crippen molar-refractivity contribution >= 4 is 23.2 Å². The zero-order chi connectivity index (χ0) is 25.5. The van der Waals surface area contributed by atoms with Crippen LogP contribution in [0.5, 0.6) is 0 Å². The second kappa shape index (κ2) is 11.8. The van der Waals surface area contributed by atoms with Crippen LogP contribution in [-0.4, -0.2) is 60.5 Å². The molecule has 7 nitrogen and oxygen atoms in total. The number of para-hydroxylation sites is 1. The monoisotopic (exact) mass is 485 g/mol. The summed E-state index contributed by atoms with van der Waals surface area (Å²) in [6, 6.07) is 17.5. The lowest BCUT2D eigenvalue weighted by Gasteiger charge is -2.36. The van der Waals surface area contributed by atoms with Gasteiger partial charge in [-0.25, -0.2) is 0 Å². The average molecular weight is 486 g/mol. The predicted molar refractivity (Wildman–Crippen MR) is 145 cm³/mol. The van der Waals surface area contributed by atoms with Gasteiger partial charge in [-0.05, 0) is 68.7 Å². The van der Waals surface area contributed by atoms with Crippen molar-refractivity contribution in [2.75, 3.05) is 42.9 Å². The molecule has 4 rings (SSSR count). The Morgan fingerprint density at radius 3 is 2.39 bits per heavy atom. The molecule has 2 heterocycles. The quantitative estimate of drug-likeness (QED) is 0.498. The molecule has 1 aliphatic rings. The van der Waals surface area contributed by atoms with E-state index in [4.69, 9.17) is 0 Å². The summed E-state index contributed by atoms with van der Waals surface area (Å²) in [6.45, 7) is 11.0. The van der Waals surface area contributed by atoms with Crippen molar-refractivity contribution in [2.45, 2.75) is 33.2 Å². The number of hydrogen-bond acceptors (Lipinski definition) is 5. The van der Waals surface area contributed by atoms with Gasteiger partial charge in [-0.3, -0.25) is 19.5 Å². The molecule has 0 bridgehead atoms. The van der Waals surface area contributed by atoms with Crippen molar-refractivity contribution in [3.63, 3.8) is 0 Å². The lowest BCUT2D eigenvalue weighted by atomic mass is 10.1. The van der Waals surface area contributed by atoms with Gasteiger partial charge >= 0.3 is 0 Å². The van der Waals surface area contributed by atoms with E-state index >= 15 is 0 Å². The number of nitrogens with zero attached hydrogens (tertiary/aromatic N) is 3. The highest BCUT2D eigenvalue weighted by atomic mass is 16.2. The number of benzene rings is 2. The number of anilines is 2. The number of nitrogens with one attached hydrogen (secondary N) is 2. The Balaban J connectivity index is 1.29. The smallest absolute Gasteiger partial charge is 0.255 e. The molecule has 0 saturated carbocycles. The normalized spacial score (nSPS) is 14.8. The summed E-state index contributed by atoms with van der Waals surface area (Å²) in [4.78, 5) is 34.7. The van der Waals surface area contributed by atoms with Gasteiger partial charge in [-0.2, -0.15) is 0 Å². The van der Waals surface area contributed by atoms with Crippen LogP contribution in [0.4, 0.5) is 11.4 Å². The van der Waals surface area contributed by atoms with Gasteiger partial charge in [-0.1, -0.05) is 24.3 Å². The minimum atomic E-state index is -0.265. The van der Waals surface area contributed by atoms with Crippen LogP contribution in [0.3, 0.4) is 0 Å². The maximum atomic E-state index is 13.1. The molecule has 3 aromatic rings. The summed E-state index contributed by atoms with van der Waals surface area (Å²) in [6.07, 6.45) is 4.01. The highest BCUT2D eigenvalue weighted by molar-refractivity contribution is 6.09. The Morgan fingerprint density at radius 2 is 1.67 bits per heavy atom. The number of carbonyl (C=O) groups excluding carboxylic acids is 2. The number of carbonyl (C=O) groups is 2. The molecular weight excluding hydrogens is 450 g/mol. The van der Waals surface area contributed by atoms with E-state index in [1.165, 1.54) is 11.3 Å². The van der Waals surface area contributed by atoms with Crippen molar-refractivity contribution in [1.82, 2.24) is 15.2 Å². The van der Waals surface area contributed by atoms with E-state index < -0.39 is 0 Å². The fourth-order valence-electron chi connectivity index (χ4n) is 4.52. The molecule has 36 heavy (non-hydrogen) atoms. The fraction of sp³-hybridized carbons (Fsp3) is 0.345. The topological polar surface area (TPSA) is 77.6 Å². The molecule has 1 fully saturated rings. The van der Waals surface area contributed by atoms with Gasteiger partial charge in [0.05, 0.1) is 11.3 Å². The van der Waals surface area contributed by atoms with Crippen molar-refractivity contribution in [3.05, 3.63) is 89.2 Å². The van der Waals surface area contributed by atoms with E-state index in [1.807, 2.05) is 26.0 Å². The van der Waals surface area contributed by atoms with Crippen molar-refractivity contribution in [1.29, 1.82) is 0 Å². The molecule has 2 N–H and O–H groups in total. The van der Waals surface area contributed by atoms with E-state index in [1.54, 1.807) is 30.6 Å². The Labute approximate surface area is 213 Å². The van der Waals surface area contributed by atoms with Crippen molar-refractivity contribution in [3.8, 4) is 0 Å². The molecule has 7 heteroatoms. The van der Waals surface area contributed by atoms with Crippen molar-refractivity contribution < 1.29 is 9.59 Å². The third-order valence-corrected chi connectivity index (χ3v) is 6.69. The van der Waals surface area contributed by atoms with Crippen LogP contribution < -0.4 is 15.5 Å². The molecule has 2 aromatic carbocycles. The zero-order valence-corrected chi connectivity index (χ0v) is 21.3. The highest BCUT2D eigenvalue weighted by Crippen LogP contribution is 2.22. The largest absolute Gasteiger partial charge is 0.369 e. The van der Waals surface area contributed by atoms with Gasteiger partial charge in [-0.15, -0.1) is 0 Å². The number of aryl methyl sites for hydroxylation is 2. The van der Waals surface area contributed by atoms with E-state index in [9.17, 15) is 9.59 Å². The van der Waals surface area contributed by atoms with E-state index in [0.717, 1.165) is 44.7 Å². The lowest BCUT2D eigenvalue weighted by molar-refractivity contribution is 0.0936. The van der Waals surface area contributed by atoms with E-state index in [0.29, 0.717) is 16.8 Å². The zero-order valence-electron chi connectivity index (χ0n) is 21.3. The number of hydrogen-bond donors (Lipinski definition) is 2. The molecule has 1 aliphatic heterocycles. The number of aromatic nitrogens is 1. The maximum absolute atomic E-state index is 13.1. The first-order valence-corrected chi connectivity index (χ1v) is 12.6. The first kappa shape index (κ1) is 25.4. The Kier molecular flexibility index (Phi) is 8.33. The summed E-state index contributed by atoms with van der Waals surface area (Å²) in [7, 11) is 0. The highest BCUT2D eigenvalue weighted by Gasteiger charge is 2.20. The molecule has 2 amide bonds. The number of piperazine rings is 1. The summed E-state index contributed by atoms with van der Waals surface area (Å²) >= 11 is 0. The van der Waals surface area contributed by atoms with E-state index in [-0.39, 0.29) is 17.9 Å². The summed E-state index contributed by atoms with van der Waals surface area (Å²) in [5.74, 6) is -0.445. The minimum Gasteiger partial charge on any atom is -0.369 e. The van der Waals surface area contributed by atoms with Gasteiger partial charge < -0.3 is 15.5 Å².